The number of hydrogen-bond acceptors (Lipinski definition) is 8. The molecule has 2 aromatic rings. The highest BCUT2D eigenvalue weighted by Gasteiger charge is 2.32. The average molecular weight is 415 g/mol. The SMILES string of the molecule is COc1ccc(NC2N=C(N)N=C(N3CCOCC3)N2c2ccccc2)cc1Cl. The van der Waals surface area contributed by atoms with E-state index in [2.05, 4.69) is 20.2 Å². The van der Waals surface area contributed by atoms with E-state index in [1.807, 2.05) is 47.4 Å². The summed E-state index contributed by atoms with van der Waals surface area (Å²) in [6.07, 6.45) is -0.489. The number of nitrogens with one attached hydrogen (secondary N) is 1. The smallest absolute Gasteiger partial charge is 0.222 e. The van der Waals surface area contributed by atoms with Crippen LogP contribution in [0.3, 0.4) is 0 Å². The van der Waals surface area contributed by atoms with Crippen molar-refractivity contribution in [2.75, 3.05) is 43.6 Å². The Hall–Kier alpha value is -2.97. The van der Waals surface area contributed by atoms with Crippen molar-refractivity contribution in [3.05, 3.63) is 53.6 Å². The topological polar surface area (TPSA) is 87.7 Å². The molecule has 0 radical (unpaired) electrons. The minimum Gasteiger partial charge on any atom is -0.495 e. The summed E-state index contributed by atoms with van der Waals surface area (Å²) in [5, 5.41) is 3.91. The lowest BCUT2D eigenvalue weighted by molar-refractivity contribution is 0.0671. The molecule has 0 amide bonds. The molecule has 0 spiro atoms. The van der Waals surface area contributed by atoms with Gasteiger partial charge in [0.2, 0.25) is 18.2 Å². The van der Waals surface area contributed by atoms with Crippen LogP contribution in [0.25, 0.3) is 0 Å². The number of hydrogen-bond donors (Lipinski definition) is 2. The fourth-order valence-corrected chi connectivity index (χ4v) is 3.57. The molecule has 1 unspecified atom stereocenters. The molecule has 4 rings (SSSR count). The summed E-state index contributed by atoms with van der Waals surface area (Å²) in [5.41, 5.74) is 7.83. The van der Waals surface area contributed by atoms with Crippen LogP contribution in [0.1, 0.15) is 0 Å². The van der Waals surface area contributed by atoms with Crippen LogP contribution in [0.5, 0.6) is 5.75 Å². The van der Waals surface area contributed by atoms with E-state index in [1.54, 1.807) is 13.2 Å². The molecular formula is C20H23ClN6O2. The van der Waals surface area contributed by atoms with E-state index in [-0.39, 0.29) is 5.96 Å². The van der Waals surface area contributed by atoms with E-state index in [4.69, 9.17) is 26.8 Å². The molecule has 2 aliphatic heterocycles. The number of aliphatic imine (C=N–C) groups is 2. The molecule has 3 N–H and O–H groups in total. The Morgan fingerprint density at radius 3 is 2.62 bits per heavy atom. The molecule has 9 heteroatoms. The van der Waals surface area contributed by atoms with Gasteiger partial charge >= 0.3 is 0 Å². The zero-order valence-corrected chi connectivity index (χ0v) is 16.8. The Labute approximate surface area is 174 Å². The molecule has 0 aromatic heterocycles. The van der Waals surface area contributed by atoms with Gasteiger partial charge in [-0.05, 0) is 30.3 Å². The number of para-hydroxylation sites is 1. The summed E-state index contributed by atoms with van der Waals surface area (Å²) in [7, 11) is 1.59. The van der Waals surface area contributed by atoms with Crippen LogP contribution in [0.2, 0.25) is 5.02 Å². The number of halogens is 1. The van der Waals surface area contributed by atoms with Crippen molar-refractivity contribution in [2.45, 2.75) is 6.29 Å². The highest BCUT2D eigenvalue weighted by Crippen LogP contribution is 2.29. The van der Waals surface area contributed by atoms with Gasteiger partial charge in [0.1, 0.15) is 5.75 Å². The van der Waals surface area contributed by atoms with E-state index in [9.17, 15) is 0 Å². The molecule has 29 heavy (non-hydrogen) atoms. The molecule has 0 saturated carbocycles. The van der Waals surface area contributed by atoms with E-state index >= 15 is 0 Å². The fraction of sp³-hybridized carbons (Fsp3) is 0.300. The number of rotatable bonds is 4. The highest BCUT2D eigenvalue weighted by atomic mass is 35.5. The molecule has 1 fully saturated rings. The maximum absolute atomic E-state index is 6.29. The largest absolute Gasteiger partial charge is 0.495 e. The van der Waals surface area contributed by atoms with Gasteiger partial charge in [0, 0.05) is 24.5 Å². The maximum Gasteiger partial charge on any atom is 0.222 e. The van der Waals surface area contributed by atoms with Crippen molar-refractivity contribution in [3.8, 4) is 5.75 Å². The lowest BCUT2D eigenvalue weighted by Crippen LogP contribution is -2.57. The minimum atomic E-state index is -0.489. The lowest BCUT2D eigenvalue weighted by Gasteiger charge is -2.41. The van der Waals surface area contributed by atoms with Crippen molar-refractivity contribution in [3.63, 3.8) is 0 Å². The minimum absolute atomic E-state index is 0.218. The molecule has 2 aliphatic rings. The lowest BCUT2D eigenvalue weighted by atomic mass is 10.2. The molecule has 152 valence electrons. The summed E-state index contributed by atoms with van der Waals surface area (Å²) in [6.45, 7) is 2.75. The molecule has 0 aliphatic carbocycles. The molecular weight excluding hydrogens is 392 g/mol. The van der Waals surface area contributed by atoms with E-state index in [0.29, 0.717) is 24.0 Å². The van der Waals surface area contributed by atoms with Gasteiger partial charge in [-0.15, -0.1) is 0 Å². The Morgan fingerprint density at radius 1 is 1.17 bits per heavy atom. The van der Waals surface area contributed by atoms with Gasteiger partial charge in [-0.25, -0.2) is 4.99 Å². The Kier molecular flexibility index (Phi) is 5.73. The van der Waals surface area contributed by atoms with Crippen LogP contribution >= 0.6 is 11.6 Å². The maximum atomic E-state index is 6.29. The van der Waals surface area contributed by atoms with Gasteiger partial charge in [-0.1, -0.05) is 29.8 Å². The number of ether oxygens (including phenoxy) is 2. The summed E-state index contributed by atoms with van der Waals surface area (Å²) in [4.78, 5) is 13.3. The van der Waals surface area contributed by atoms with Gasteiger partial charge in [0.25, 0.3) is 0 Å². The quantitative estimate of drug-likeness (QED) is 0.799. The third-order valence-corrected chi connectivity index (χ3v) is 5.00. The Balaban J connectivity index is 1.69. The Morgan fingerprint density at radius 2 is 1.93 bits per heavy atom. The molecule has 1 saturated heterocycles. The van der Waals surface area contributed by atoms with Crippen LogP contribution < -0.4 is 20.7 Å². The summed E-state index contributed by atoms with van der Waals surface area (Å²) < 4.78 is 10.7. The monoisotopic (exact) mass is 414 g/mol. The standard InChI is InChI=1S/C20H23ClN6O2/c1-28-17-8-7-14(13-16(17)21)23-19-24-18(22)25-20(26-9-11-29-12-10-26)27(19)15-5-3-2-4-6-15/h2-8,13,19,23H,9-12H2,1H3,(H2,22,24). The predicted octanol–water partition coefficient (Wildman–Crippen LogP) is 2.57. The summed E-state index contributed by atoms with van der Waals surface area (Å²) in [6, 6.07) is 15.5. The van der Waals surface area contributed by atoms with Crippen LogP contribution in [-0.2, 0) is 4.74 Å². The van der Waals surface area contributed by atoms with E-state index in [0.717, 1.165) is 30.4 Å². The van der Waals surface area contributed by atoms with Crippen molar-refractivity contribution in [2.24, 2.45) is 15.7 Å². The number of nitrogens with zero attached hydrogens (tertiary/aromatic N) is 4. The normalized spacial score (nSPS) is 19.4. The number of methoxy groups -OCH3 is 1. The molecule has 2 aromatic carbocycles. The van der Waals surface area contributed by atoms with Gasteiger partial charge in [0.05, 0.1) is 25.3 Å². The first-order valence-electron chi connectivity index (χ1n) is 9.35. The van der Waals surface area contributed by atoms with Crippen molar-refractivity contribution >= 4 is 34.9 Å². The zero-order valence-electron chi connectivity index (χ0n) is 16.1. The number of benzene rings is 2. The second-order valence-corrected chi connectivity index (χ2v) is 6.98. The van der Waals surface area contributed by atoms with E-state index < -0.39 is 6.29 Å². The van der Waals surface area contributed by atoms with Crippen molar-refractivity contribution in [1.82, 2.24) is 4.90 Å². The highest BCUT2D eigenvalue weighted by molar-refractivity contribution is 6.32. The number of guanidine groups is 2. The predicted molar refractivity (Wildman–Crippen MR) is 116 cm³/mol. The van der Waals surface area contributed by atoms with Crippen LogP contribution in [0, 0.1) is 0 Å². The van der Waals surface area contributed by atoms with E-state index in [1.165, 1.54) is 0 Å². The second kappa shape index (κ2) is 8.59. The average Bonchev–Trinajstić information content (AvgIpc) is 2.75. The van der Waals surface area contributed by atoms with Gasteiger partial charge < -0.3 is 25.4 Å². The number of anilines is 2. The molecule has 2 heterocycles. The van der Waals surface area contributed by atoms with Gasteiger partial charge in [0.15, 0.2) is 0 Å². The fourth-order valence-electron chi connectivity index (χ4n) is 3.31. The van der Waals surface area contributed by atoms with Gasteiger partial charge in [-0.2, -0.15) is 4.99 Å². The first-order valence-corrected chi connectivity index (χ1v) is 9.72. The number of morpholine rings is 1. The first-order chi connectivity index (χ1) is 14.2. The summed E-state index contributed by atoms with van der Waals surface area (Å²) >= 11 is 6.29. The third kappa shape index (κ3) is 4.23. The molecule has 0 bridgehead atoms. The first kappa shape index (κ1) is 19.4. The Bertz CT molecular complexity index is 914. The molecule has 1 atom stereocenters. The summed E-state index contributed by atoms with van der Waals surface area (Å²) in [5.74, 6) is 1.57. The number of nitrogens with two attached hydrogens (primary N) is 1. The molecule has 8 nitrogen and oxygen atoms in total. The van der Waals surface area contributed by atoms with Gasteiger partial charge in [-0.3, -0.25) is 4.90 Å². The van der Waals surface area contributed by atoms with Crippen molar-refractivity contribution in [1.29, 1.82) is 0 Å². The third-order valence-electron chi connectivity index (χ3n) is 4.70. The van der Waals surface area contributed by atoms with Crippen LogP contribution in [0.4, 0.5) is 11.4 Å². The zero-order chi connectivity index (χ0) is 20.2. The van der Waals surface area contributed by atoms with Crippen molar-refractivity contribution < 1.29 is 9.47 Å². The van der Waals surface area contributed by atoms with Crippen LogP contribution in [0.15, 0.2) is 58.5 Å². The van der Waals surface area contributed by atoms with Crippen LogP contribution in [-0.4, -0.2) is 56.5 Å². The second-order valence-electron chi connectivity index (χ2n) is 6.57.